The molecule has 0 radical (unpaired) electrons. The van der Waals surface area contributed by atoms with Crippen LogP contribution in [0.2, 0.25) is 0 Å². The van der Waals surface area contributed by atoms with Gasteiger partial charge >= 0.3 is 0 Å². The highest BCUT2D eigenvalue weighted by Crippen LogP contribution is 2.23. The molecule has 1 aliphatic rings. The number of rotatable bonds is 2. The Hall–Kier alpha value is -1.84. The van der Waals surface area contributed by atoms with Crippen LogP contribution in [0.1, 0.15) is 17.2 Å². The topological polar surface area (TPSA) is 49.4 Å². The van der Waals surface area contributed by atoms with E-state index in [-0.39, 0.29) is 18.5 Å². The number of aryl methyl sites for hydroxylation is 1. The Morgan fingerprint density at radius 2 is 2.19 bits per heavy atom. The Balaban J connectivity index is 2.29. The number of carbonyl (C=O) groups is 2. The van der Waals surface area contributed by atoms with Gasteiger partial charge in [0.05, 0.1) is 12.6 Å². The quantitative estimate of drug-likeness (QED) is 0.740. The van der Waals surface area contributed by atoms with Crippen LogP contribution in [0.3, 0.4) is 0 Å². The van der Waals surface area contributed by atoms with E-state index in [0.717, 1.165) is 17.5 Å². The number of amides is 2. The van der Waals surface area contributed by atoms with Gasteiger partial charge in [0.2, 0.25) is 12.3 Å². The molecule has 1 saturated heterocycles. The van der Waals surface area contributed by atoms with Crippen LogP contribution in [0.15, 0.2) is 24.3 Å². The summed E-state index contributed by atoms with van der Waals surface area (Å²) in [6.45, 7) is 2.64. The molecule has 16 heavy (non-hydrogen) atoms. The van der Waals surface area contributed by atoms with E-state index in [1.165, 1.54) is 0 Å². The van der Waals surface area contributed by atoms with Gasteiger partial charge in [-0.15, -0.1) is 0 Å². The lowest BCUT2D eigenvalue weighted by molar-refractivity contribution is -0.133. The second kappa shape index (κ2) is 4.35. The first kappa shape index (κ1) is 10.7. The molecule has 1 aromatic rings. The van der Waals surface area contributed by atoms with E-state index >= 15 is 0 Å². The summed E-state index contributed by atoms with van der Waals surface area (Å²) >= 11 is 0. The summed E-state index contributed by atoms with van der Waals surface area (Å²) in [6, 6.07) is 7.87. The molecular formula is C12H14N2O2. The molecule has 1 fully saturated rings. The number of benzene rings is 1. The van der Waals surface area contributed by atoms with E-state index in [1.807, 2.05) is 31.2 Å². The summed E-state index contributed by atoms with van der Waals surface area (Å²) in [5, 5.41) is 2.78. The number of nitrogens with one attached hydrogen (secondary N) is 1. The van der Waals surface area contributed by atoms with E-state index < -0.39 is 0 Å². The largest absolute Gasteiger partial charge is 0.352 e. The van der Waals surface area contributed by atoms with Crippen molar-refractivity contribution in [1.82, 2.24) is 10.2 Å². The number of carbonyl (C=O) groups excluding carboxylic acids is 2. The second-order valence-electron chi connectivity index (χ2n) is 3.95. The third-order valence-electron chi connectivity index (χ3n) is 2.90. The van der Waals surface area contributed by atoms with E-state index in [4.69, 9.17) is 0 Å². The third-order valence-corrected chi connectivity index (χ3v) is 2.90. The number of hydrogen-bond acceptors (Lipinski definition) is 2. The summed E-state index contributed by atoms with van der Waals surface area (Å²) in [7, 11) is 0. The van der Waals surface area contributed by atoms with Crippen molar-refractivity contribution in [1.29, 1.82) is 0 Å². The average Bonchev–Trinajstić information content (AvgIpc) is 2.30. The highest BCUT2D eigenvalue weighted by Gasteiger charge is 2.27. The monoisotopic (exact) mass is 218 g/mol. The molecular weight excluding hydrogens is 204 g/mol. The maximum atomic E-state index is 11.2. The Morgan fingerprint density at radius 3 is 2.88 bits per heavy atom. The fourth-order valence-corrected chi connectivity index (χ4v) is 2.02. The van der Waals surface area contributed by atoms with Crippen LogP contribution in [-0.2, 0) is 9.59 Å². The summed E-state index contributed by atoms with van der Waals surface area (Å²) < 4.78 is 0. The van der Waals surface area contributed by atoms with Gasteiger partial charge in [-0.3, -0.25) is 9.59 Å². The summed E-state index contributed by atoms with van der Waals surface area (Å²) in [5.74, 6) is -0.100. The average molecular weight is 218 g/mol. The zero-order valence-electron chi connectivity index (χ0n) is 9.14. The van der Waals surface area contributed by atoms with Gasteiger partial charge in [0.1, 0.15) is 0 Å². The fraction of sp³-hybridized carbons (Fsp3) is 0.333. The van der Waals surface area contributed by atoms with Gasteiger partial charge < -0.3 is 10.2 Å². The first-order valence-corrected chi connectivity index (χ1v) is 5.25. The Labute approximate surface area is 94.2 Å². The van der Waals surface area contributed by atoms with Gasteiger partial charge in [-0.2, -0.15) is 0 Å². The minimum Gasteiger partial charge on any atom is -0.352 e. The molecule has 1 N–H and O–H groups in total. The molecule has 2 rings (SSSR count). The van der Waals surface area contributed by atoms with Crippen molar-refractivity contribution in [3.8, 4) is 0 Å². The van der Waals surface area contributed by atoms with Crippen LogP contribution in [-0.4, -0.2) is 30.3 Å². The molecule has 0 aliphatic carbocycles. The van der Waals surface area contributed by atoms with Crippen molar-refractivity contribution in [3.05, 3.63) is 35.4 Å². The molecule has 4 nitrogen and oxygen atoms in total. The predicted octanol–water partition coefficient (Wildman–Crippen LogP) is 0.624. The summed E-state index contributed by atoms with van der Waals surface area (Å²) in [6.07, 6.45) is 0.746. The molecule has 0 saturated carbocycles. The first-order valence-electron chi connectivity index (χ1n) is 5.25. The normalized spacial score (nSPS) is 20.4. The molecule has 0 bridgehead atoms. The van der Waals surface area contributed by atoms with Crippen molar-refractivity contribution >= 4 is 12.3 Å². The maximum Gasteiger partial charge on any atom is 0.239 e. The molecule has 0 spiro atoms. The molecule has 0 aromatic heterocycles. The number of nitrogens with zero attached hydrogens (tertiary/aromatic N) is 1. The highest BCUT2D eigenvalue weighted by molar-refractivity contribution is 5.81. The van der Waals surface area contributed by atoms with E-state index in [2.05, 4.69) is 5.32 Å². The molecule has 1 aromatic carbocycles. The number of hydrogen-bond donors (Lipinski definition) is 1. The predicted molar refractivity (Wildman–Crippen MR) is 59.7 cm³/mol. The lowest BCUT2D eigenvalue weighted by atomic mass is 9.99. The molecule has 2 amide bonds. The Kier molecular flexibility index (Phi) is 2.90. The van der Waals surface area contributed by atoms with Crippen molar-refractivity contribution < 1.29 is 9.59 Å². The molecule has 4 heteroatoms. The molecule has 1 atom stereocenters. The smallest absolute Gasteiger partial charge is 0.239 e. The summed E-state index contributed by atoms with van der Waals surface area (Å²) in [5.41, 5.74) is 2.23. The molecule has 0 unspecified atom stereocenters. The molecule has 1 aliphatic heterocycles. The molecule has 1 heterocycles. The highest BCUT2D eigenvalue weighted by atomic mass is 16.2. The van der Waals surface area contributed by atoms with Crippen LogP contribution >= 0.6 is 0 Å². The van der Waals surface area contributed by atoms with E-state index in [9.17, 15) is 9.59 Å². The standard InChI is InChI=1S/C12H14N2O2/c1-9-4-2-3-5-10(9)11-6-13-12(16)7-14(11)8-15/h2-5,8,11H,6-7H2,1H3,(H,13,16)/t11-/m1/s1. The van der Waals surface area contributed by atoms with Crippen LogP contribution in [0, 0.1) is 6.92 Å². The van der Waals surface area contributed by atoms with Gasteiger partial charge in [-0.25, -0.2) is 0 Å². The minimum atomic E-state index is -0.100. The fourth-order valence-electron chi connectivity index (χ4n) is 2.02. The SMILES string of the molecule is Cc1ccccc1[C@H]1CNC(=O)CN1C=O. The lowest BCUT2D eigenvalue weighted by Crippen LogP contribution is -2.49. The van der Waals surface area contributed by atoms with E-state index in [1.54, 1.807) is 4.90 Å². The van der Waals surface area contributed by atoms with Gasteiger partial charge in [-0.1, -0.05) is 24.3 Å². The van der Waals surface area contributed by atoms with Crippen LogP contribution in [0.4, 0.5) is 0 Å². The van der Waals surface area contributed by atoms with Gasteiger partial charge in [-0.05, 0) is 18.1 Å². The lowest BCUT2D eigenvalue weighted by Gasteiger charge is -2.33. The minimum absolute atomic E-state index is 0.0450. The number of piperazine rings is 1. The van der Waals surface area contributed by atoms with Gasteiger partial charge in [0, 0.05) is 6.54 Å². The van der Waals surface area contributed by atoms with Crippen molar-refractivity contribution in [2.75, 3.05) is 13.1 Å². The zero-order valence-corrected chi connectivity index (χ0v) is 9.14. The second-order valence-corrected chi connectivity index (χ2v) is 3.95. The van der Waals surface area contributed by atoms with Gasteiger partial charge in [0.15, 0.2) is 0 Å². The first-order chi connectivity index (χ1) is 7.72. The third kappa shape index (κ3) is 1.91. The van der Waals surface area contributed by atoms with Crippen molar-refractivity contribution in [2.45, 2.75) is 13.0 Å². The van der Waals surface area contributed by atoms with E-state index in [0.29, 0.717) is 6.54 Å². The Morgan fingerprint density at radius 1 is 1.44 bits per heavy atom. The summed E-state index contributed by atoms with van der Waals surface area (Å²) in [4.78, 5) is 23.7. The maximum absolute atomic E-state index is 11.2. The van der Waals surface area contributed by atoms with Crippen LogP contribution in [0.5, 0.6) is 0 Å². The van der Waals surface area contributed by atoms with Gasteiger partial charge in [0.25, 0.3) is 0 Å². The van der Waals surface area contributed by atoms with Crippen molar-refractivity contribution in [2.24, 2.45) is 0 Å². The van der Waals surface area contributed by atoms with Crippen LogP contribution < -0.4 is 5.32 Å². The Bertz CT molecular complexity index is 417. The molecule has 84 valence electrons. The van der Waals surface area contributed by atoms with Crippen LogP contribution in [0.25, 0.3) is 0 Å². The zero-order chi connectivity index (χ0) is 11.5. The van der Waals surface area contributed by atoms with Crippen molar-refractivity contribution in [3.63, 3.8) is 0 Å².